The maximum atomic E-state index is 14.0. The highest BCUT2D eigenvalue weighted by Crippen LogP contribution is 2.27. The molecular formula is C15H15BrF2N2. The first kappa shape index (κ1) is 15.1. The van der Waals surface area contributed by atoms with E-state index in [-0.39, 0.29) is 11.6 Å². The molecule has 5 heteroatoms. The Bertz CT molecular complexity index is 617. The first-order valence-corrected chi connectivity index (χ1v) is 6.97. The van der Waals surface area contributed by atoms with Crippen LogP contribution < -0.4 is 11.3 Å². The van der Waals surface area contributed by atoms with Gasteiger partial charge in [0.15, 0.2) is 0 Å². The topological polar surface area (TPSA) is 38.0 Å². The first-order valence-electron chi connectivity index (χ1n) is 6.18. The number of hydrogen-bond acceptors (Lipinski definition) is 2. The second-order valence-electron chi connectivity index (χ2n) is 4.66. The molecular weight excluding hydrogens is 326 g/mol. The van der Waals surface area contributed by atoms with Crippen LogP contribution in [0.1, 0.15) is 22.7 Å². The second kappa shape index (κ2) is 6.43. The molecule has 0 radical (unpaired) electrons. The van der Waals surface area contributed by atoms with Gasteiger partial charge in [-0.1, -0.05) is 24.3 Å². The van der Waals surface area contributed by atoms with Crippen LogP contribution in [0.5, 0.6) is 0 Å². The van der Waals surface area contributed by atoms with Crippen molar-refractivity contribution in [3.8, 4) is 0 Å². The lowest BCUT2D eigenvalue weighted by Gasteiger charge is -2.18. The van der Waals surface area contributed by atoms with Gasteiger partial charge in [-0.05, 0) is 52.5 Å². The Labute approximate surface area is 125 Å². The number of aryl methyl sites for hydroxylation is 1. The van der Waals surface area contributed by atoms with E-state index in [9.17, 15) is 8.78 Å². The lowest BCUT2D eigenvalue weighted by molar-refractivity contribution is 0.508. The van der Waals surface area contributed by atoms with Gasteiger partial charge in [-0.2, -0.15) is 0 Å². The molecule has 3 N–H and O–H groups in total. The Morgan fingerprint density at radius 1 is 1.20 bits per heavy atom. The highest BCUT2D eigenvalue weighted by Gasteiger charge is 2.17. The van der Waals surface area contributed by atoms with Gasteiger partial charge in [0.05, 0.1) is 10.5 Å². The molecule has 0 saturated heterocycles. The van der Waals surface area contributed by atoms with Crippen molar-refractivity contribution >= 4 is 15.9 Å². The molecule has 1 atom stereocenters. The number of nitrogens with two attached hydrogens (primary N) is 1. The number of rotatable bonds is 4. The van der Waals surface area contributed by atoms with E-state index < -0.39 is 6.04 Å². The Morgan fingerprint density at radius 2 is 1.95 bits per heavy atom. The number of hydrazine groups is 1. The molecule has 0 fully saturated rings. The fourth-order valence-electron chi connectivity index (χ4n) is 2.10. The minimum Gasteiger partial charge on any atom is -0.271 e. The number of nitrogens with one attached hydrogen (secondary N) is 1. The van der Waals surface area contributed by atoms with E-state index in [1.54, 1.807) is 18.2 Å². The highest BCUT2D eigenvalue weighted by atomic mass is 79.9. The number of hydrogen-bond donors (Lipinski definition) is 2. The standard InChI is InChI=1S/C15H15BrF2N2/c1-9-5-6-11(13(18)7-9)14(20-19)8-10-3-2-4-12(17)15(10)16/h2-7,14,20H,8,19H2,1H3. The Balaban J connectivity index is 2.31. The molecule has 0 aliphatic rings. The third-order valence-corrected chi connectivity index (χ3v) is 4.08. The van der Waals surface area contributed by atoms with Gasteiger partial charge in [-0.3, -0.25) is 11.3 Å². The molecule has 0 saturated carbocycles. The lowest BCUT2D eigenvalue weighted by Crippen LogP contribution is -2.30. The van der Waals surface area contributed by atoms with E-state index >= 15 is 0 Å². The smallest absolute Gasteiger partial charge is 0.137 e. The van der Waals surface area contributed by atoms with Crippen LogP contribution >= 0.6 is 15.9 Å². The normalized spacial score (nSPS) is 12.4. The molecule has 0 spiro atoms. The maximum absolute atomic E-state index is 14.0. The van der Waals surface area contributed by atoms with Crippen LogP contribution in [-0.2, 0) is 6.42 Å². The third-order valence-electron chi connectivity index (χ3n) is 3.19. The zero-order valence-corrected chi connectivity index (χ0v) is 12.5. The molecule has 0 bridgehead atoms. The Kier molecular flexibility index (Phi) is 4.86. The number of benzene rings is 2. The van der Waals surface area contributed by atoms with E-state index in [4.69, 9.17) is 5.84 Å². The molecule has 2 rings (SSSR count). The van der Waals surface area contributed by atoms with E-state index in [1.165, 1.54) is 12.1 Å². The Morgan fingerprint density at radius 3 is 2.60 bits per heavy atom. The van der Waals surface area contributed by atoms with Gasteiger partial charge in [0.25, 0.3) is 0 Å². The zero-order valence-electron chi connectivity index (χ0n) is 11.0. The van der Waals surface area contributed by atoms with Gasteiger partial charge in [-0.15, -0.1) is 0 Å². The van der Waals surface area contributed by atoms with Crippen molar-refractivity contribution in [2.45, 2.75) is 19.4 Å². The largest absolute Gasteiger partial charge is 0.271 e. The molecule has 0 heterocycles. The molecule has 0 aromatic heterocycles. The molecule has 2 aromatic carbocycles. The summed E-state index contributed by atoms with van der Waals surface area (Å²) in [5.74, 6) is 4.86. The minimum absolute atomic E-state index is 0.319. The average molecular weight is 341 g/mol. The molecule has 2 aromatic rings. The summed E-state index contributed by atoms with van der Waals surface area (Å²) in [6.45, 7) is 1.82. The fourth-order valence-corrected chi connectivity index (χ4v) is 2.53. The van der Waals surface area contributed by atoms with Crippen LogP contribution in [0.2, 0.25) is 0 Å². The predicted molar refractivity (Wildman–Crippen MR) is 79.0 cm³/mol. The van der Waals surface area contributed by atoms with Crippen molar-refractivity contribution in [3.05, 3.63) is 69.2 Å². The van der Waals surface area contributed by atoms with Gasteiger partial charge in [0.2, 0.25) is 0 Å². The summed E-state index contributed by atoms with van der Waals surface area (Å²) in [4.78, 5) is 0. The average Bonchev–Trinajstić information content (AvgIpc) is 2.41. The molecule has 0 aliphatic heterocycles. The number of halogens is 3. The summed E-state index contributed by atoms with van der Waals surface area (Å²) >= 11 is 3.20. The summed E-state index contributed by atoms with van der Waals surface area (Å²) in [6.07, 6.45) is 0.384. The van der Waals surface area contributed by atoms with E-state index in [2.05, 4.69) is 21.4 Å². The molecule has 0 aliphatic carbocycles. The quantitative estimate of drug-likeness (QED) is 0.656. The Hall–Kier alpha value is -1.30. The van der Waals surface area contributed by atoms with E-state index in [0.29, 0.717) is 16.5 Å². The van der Waals surface area contributed by atoms with Crippen molar-refractivity contribution < 1.29 is 8.78 Å². The van der Waals surface area contributed by atoms with Crippen LogP contribution in [0, 0.1) is 18.6 Å². The fraction of sp³-hybridized carbons (Fsp3) is 0.200. The summed E-state index contributed by atoms with van der Waals surface area (Å²) < 4.78 is 27.9. The molecule has 20 heavy (non-hydrogen) atoms. The van der Waals surface area contributed by atoms with E-state index in [0.717, 1.165) is 11.1 Å². The van der Waals surface area contributed by atoms with Gasteiger partial charge in [-0.25, -0.2) is 8.78 Å². The maximum Gasteiger partial charge on any atom is 0.137 e. The van der Waals surface area contributed by atoms with Crippen molar-refractivity contribution in [1.29, 1.82) is 0 Å². The molecule has 2 nitrogen and oxygen atoms in total. The van der Waals surface area contributed by atoms with Crippen molar-refractivity contribution in [1.82, 2.24) is 5.43 Å². The van der Waals surface area contributed by atoms with Gasteiger partial charge >= 0.3 is 0 Å². The summed E-state index contributed by atoms with van der Waals surface area (Å²) in [5, 5.41) is 0. The van der Waals surface area contributed by atoms with Crippen molar-refractivity contribution in [3.63, 3.8) is 0 Å². The first-order chi connectivity index (χ1) is 9.52. The van der Waals surface area contributed by atoms with Crippen LogP contribution in [0.3, 0.4) is 0 Å². The second-order valence-corrected chi connectivity index (χ2v) is 5.45. The lowest BCUT2D eigenvalue weighted by atomic mass is 9.98. The van der Waals surface area contributed by atoms with Crippen LogP contribution in [-0.4, -0.2) is 0 Å². The molecule has 1 unspecified atom stereocenters. The summed E-state index contributed by atoms with van der Waals surface area (Å²) in [6, 6.07) is 9.32. The van der Waals surface area contributed by atoms with Crippen LogP contribution in [0.25, 0.3) is 0 Å². The minimum atomic E-state index is -0.423. The van der Waals surface area contributed by atoms with Gasteiger partial charge < -0.3 is 0 Å². The summed E-state index contributed by atoms with van der Waals surface area (Å²) in [7, 11) is 0. The SMILES string of the molecule is Cc1ccc(C(Cc2cccc(F)c2Br)NN)c(F)c1. The van der Waals surface area contributed by atoms with Crippen LogP contribution in [0.15, 0.2) is 40.9 Å². The molecule has 106 valence electrons. The predicted octanol–water partition coefficient (Wildman–Crippen LogP) is 3.78. The van der Waals surface area contributed by atoms with Crippen molar-refractivity contribution in [2.75, 3.05) is 0 Å². The van der Waals surface area contributed by atoms with Gasteiger partial charge in [0.1, 0.15) is 11.6 Å². The van der Waals surface area contributed by atoms with Crippen molar-refractivity contribution in [2.24, 2.45) is 5.84 Å². The zero-order chi connectivity index (χ0) is 14.7. The monoisotopic (exact) mass is 340 g/mol. The van der Waals surface area contributed by atoms with Crippen LogP contribution in [0.4, 0.5) is 8.78 Å². The highest BCUT2D eigenvalue weighted by molar-refractivity contribution is 9.10. The van der Waals surface area contributed by atoms with E-state index in [1.807, 2.05) is 13.0 Å². The molecule has 0 amide bonds. The third kappa shape index (κ3) is 3.23. The van der Waals surface area contributed by atoms with Gasteiger partial charge in [0, 0.05) is 5.56 Å². The summed E-state index contributed by atoms with van der Waals surface area (Å²) in [5.41, 5.74) is 4.63.